The molecular formula is C26H24ClN3O5. The first-order valence-electron chi connectivity index (χ1n) is 10.7. The summed E-state index contributed by atoms with van der Waals surface area (Å²) in [4.78, 5) is 38.6. The van der Waals surface area contributed by atoms with Crippen molar-refractivity contribution in [3.8, 4) is 6.07 Å². The van der Waals surface area contributed by atoms with E-state index in [0.29, 0.717) is 28.3 Å². The first-order chi connectivity index (χ1) is 16.7. The van der Waals surface area contributed by atoms with E-state index in [1.807, 2.05) is 6.07 Å². The van der Waals surface area contributed by atoms with Gasteiger partial charge < -0.3 is 14.8 Å². The fraction of sp³-hybridized carbons (Fsp3) is 0.231. The van der Waals surface area contributed by atoms with Crippen molar-refractivity contribution in [3.63, 3.8) is 0 Å². The third-order valence-electron chi connectivity index (χ3n) is 5.49. The molecule has 1 aliphatic heterocycles. The largest absolute Gasteiger partial charge is 0.461 e. The minimum Gasteiger partial charge on any atom is -0.461 e. The Kier molecular flexibility index (Phi) is 8.07. The molecule has 0 fully saturated rings. The average molecular weight is 494 g/mol. The molecule has 0 saturated carbocycles. The van der Waals surface area contributed by atoms with Crippen molar-refractivity contribution in [2.45, 2.75) is 31.9 Å². The molecule has 0 aromatic heterocycles. The summed E-state index contributed by atoms with van der Waals surface area (Å²) in [6, 6.07) is 16.8. The number of nitrogens with two attached hydrogens (primary N) is 1. The van der Waals surface area contributed by atoms with Gasteiger partial charge in [-0.2, -0.15) is 5.26 Å². The minimum absolute atomic E-state index is 0.0171. The monoisotopic (exact) mass is 493 g/mol. The number of benzene rings is 2. The van der Waals surface area contributed by atoms with Gasteiger partial charge in [0.15, 0.2) is 6.29 Å². The summed E-state index contributed by atoms with van der Waals surface area (Å²) in [6.07, 6.45) is 0.363. The normalized spacial score (nSPS) is 17.1. The summed E-state index contributed by atoms with van der Waals surface area (Å²) in [5.74, 6) is -2.53. The van der Waals surface area contributed by atoms with Gasteiger partial charge in [-0.1, -0.05) is 54.1 Å². The van der Waals surface area contributed by atoms with E-state index >= 15 is 0 Å². The third-order valence-corrected chi connectivity index (χ3v) is 5.73. The zero-order valence-corrected chi connectivity index (χ0v) is 20.0. The molecule has 35 heavy (non-hydrogen) atoms. The van der Waals surface area contributed by atoms with Gasteiger partial charge in [-0.05, 0) is 31.5 Å². The zero-order chi connectivity index (χ0) is 25.6. The summed E-state index contributed by atoms with van der Waals surface area (Å²) in [5, 5.41) is 12.2. The van der Waals surface area contributed by atoms with Crippen LogP contribution >= 0.6 is 11.6 Å². The fourth-order valence-corrected chi connectivity index (χ4v) is 4.08. The third kappa shape index (κ3) is 5.60. The number of ether oxygens (including phenoxy) is 2. The quantitative estimate of drug-likeness (QED) is 0.247. The van der Waals surface area contributed by atoms with Crippen molar-refractivity contribution in [2.24, 2.45) is 5.73 Å². The van der Waals surface area contributed by atoms with E-state index in [-0.39, 0.29) is 29.7 Å². The highest BCUT2D eigenvalue weighted by Gasteiger charge is 2.41. The van der Waals surface area contributed by atoms with Crippen LogP contribution in [0.1, 0.15) is 37.3 Å². The van der Waals surface area contributed by atoms with Crippen LogP contribution < -0.4 is 11.1 Å². The molecule has 0 bridgehead atoms. The van der Waals surface area contributed by atoms with E-state index in [4.69, 9.17) is 32.1 Å². The van der Waals surface area contributed by atoms with Crippen molar-refractivity contribution < 1.29 is 23.9 Å². The minimum atomic E-state index is -2.05. The lowest BCUT2D eigenvalue weighted by molar-refractivity contribution is -0.160. The molecule has 0 radical (unpaired) electrons. The van der Waals surface area contributed by atoms with Crippen LogP contribution in [0.25, 0.3) is 0 Å². The van der Waals surface area contributed by atoms with Gasteiger partial charge in [0.05, 0.1) is 29.6 Å². The molecule has 8 nitrogen and oxygen atoms in total. The smallest absolute Gasteiger partial charge is 0.339 e. The SMILES string of the molecule is CC1=C(C(=O)OCCC#N)C(c2cccc(Cl)c2)C(C(=O)OC(N)(C=O)c2ccccc2)=C(C)N1. The lowest BCUT2D eigenvalue weighted by Crippen LogP contribution is -2.44. The van der Waals surface area contributed by atoms with Crippen LogP contribution in [0.15, 0.2) is 77.1 Å². The Morgan fingerprint density at radius 2 is 1.77 bits per heavy atom. The van der Waals surface area contributed by atoms with Crippen molar-refractivity contribution in [2.75, 3.05) is 6.61 Å². The highest BCUT2D eigenvalue weighted by atomic mass is 35.5. The van der Waals surface area contributed by atoms with Gasteiger partial charge in [-0.15, -0.1) is 0 Å². The Balaban J connectivity index is 2.08. The van der Waals surface area contributed by atoms with Crippen molar-refractivity contribution in [1.29, 1.82) is 5.26 Å². The number of esters is 2. The molecule has 0 amide bonds. The highest BCUT2D eigenvalue weighted by molar-refractivity contribution is 6.30. The number of carbonyl (C=O) groups is 3. The van der Waals surface area contributed by atoms with Crippen LogP contribution in [0.4, 0.5) is 0 Å². The van der Waals surface area contributed by atoms with Crippen LogP contribution in [0.5, 0.6) is 0 Å². The summed E-state index contributed by atoms with van der Waals surface area (Å²) in [6.45, 7) is 3.21. The fourth-order valence-electron chi connectivity index (χ4n) is 3.88. The lowest BCUT2D eigenvalue weighted by Gasteiger charge is -2.32. The molecule has 0 spiro atoms. The Morgan fingerprint density at radius 1 is 1.11 bits per heavy atom. The number of nitrogens with zero attached hydrogens (tertiary/aromatic N) is 1. The van der Waals surface area contributed by atoms with Crippen LogP contribution in [-0.4, -0.2) is 24.8 Å². The van der Waals surface area contributed by atoms with E-state index < -0.39 is 23.6 Å². The Bertz CT molecular complexity index is 1250. The predicted octanol–water partition coefficient (Wildman–Crippen LogP) is 3.59. The second-order valence-electron chi connectivity index (χ2n) is 7.90. The predicted molar refractivity (Wildman–Crippen MR) is 128 cm³/mol. The first kappa shape index (κ1) is 25.7. The van der Waals surface area contributed by atoms with Crippen molar-refractivity contribution in [3.05, 3.63) is 93.3 Å². The van der Waals surface area contributed by atoms with Crippen molar-refractivity contribution >= 4 is 29.8 Å². The van der Waals surface area contributed by atoms with Crippen LogP contribution in [0.2, 0.25) is 5.02 Å². The number of dihydropyridines is 1. The number of rotatable bonds is 8. The van der Waals surface area contributed by atoms with Gasteiger partial charge >= 0.3 is 11.9 Å². The van der Waals surface area contributed by atoms with Crippen LogP contribution in [-0.2, 0) is 29.6 Å². The topological polar surface area (TPSA) is 132 Å². The number of allylic oxidation sites excluding steroid dienone is 2. The zero-order valence-electron chi connectivity index (χ0n) is 19.2. The molecule has 2 aromatic carbocycles. The molecule has 3 N–H and O–H groups in total. The number of nitrogens with one attached hydrogen (secondary N) is 1. The highest BCUT2D eigenvalue weighted by Crippen LogP contribution is 2.40. The molecular weight excluding hydrogens is 470 g/mol. The molecule has 180 valence electrons. The number of carbonyl (C=O) groups excluding carboxylic acids is 3. The van der Waals surface area contributed by atoms with Gasteiger partial charge in [0.1, 0.15) is 6.61 Å². The number of nitriles is 1. The molecule has 0 saturated heterocycles. The van der Waals surface area contributed by atoms with Gasteiger partial charge in [-0.25, -0.2) is 9.59 Å². The second kappa shape index (κ2) is 11.0. The maximum atomic E-state index is 13.6. The number of halogens is 1. The maximum Gasteiger partial charge on any atom is 0.339 e. The molecule has 0 aliphatic carbocycles. The van der Waals surface area contributed by atoms with Gasteiger partial charge in [0.2, 0.25) is 5.72 Å². The van der Waals surface area contributed by atoms with E-state index in [9.17, 15) is 14.4 Å². The van der Waals surface area contributed by atoms with E-state index in [1.165, 1.54) is 0 Å². The molecule has 1 aliphatic rings. The number of hydrogen-bond donors (Lipinski definition) is 2. The van der Waals surface area contributed by atoms with Gasteiger partial charge in [-0.3, -0.25) is 10.5 Å². The molecule has 2 unspecified atom stereocenters. The first-order valence-corrected chi connectivity index (χ1v) is 11.1. The van der Waals surface area contributed by atoms with E-state index in [1.54, 1.807) is 68.4 Å². The molecule has 3 rings (SSSR count). The maximum absolute atomic E-state index is 13.6. The van der Waals surface area contributed by atoms with Gasteiger partial charge in [0, 0.05) is 22.0 Å². The summed E-state index contributed by atoms with van der Waals surface area (Å²) in [5.41, 5.74) is 6.03. The standard InChI is InChI=1S/C26H24ClN3O5/c1-16-21(24(32)34-13-7-12-28)23(18-8-6-11-20(27)14-18)22(17(2)30-16)25(33)35-26(29,15-31)19-9-4-3-5-10-19/h3-6,8-11,14-15,23,30H,7,13,29H2,1-2H3. The number of hydrogen-bond acceptors (Lipinski definition) is 8. The molecule has 1 heterocycles. The Labute approximate surface area is 208 Å². The summed E-state index contributed by atoms with van der Waals surface area (Å²) < 4.78 is 10.8. The molecule has 2 atom stereocenters. The van der Waals surface area contributed by atoms with Crippen LogP contribution in [0.3, 0.4) is 0 Å². The number of aldehydes is 1. The molecule has 2 aromatic rings. The summed E-state index contributed by atoms with van der Waals surface area (Å²) >= 11 is 6.22. The Morgan fingerprint density at radius 3 is 2.37 bits per heavy atom. The van der Waals surface area contributed by atoms with E-state index in [0.717, 1.165) is 0 Å². The lowest BCUT2D eigenvalue weighted by atomic mass is 9.80. The Hall–Kier alpha value is -3.93. The van der Waals surface area contributed by atoms with E-state index in [2.05, 4.69) is 5.32 Å². The van der Waals surface area contributed by atoms with Crippen LogP contribution in [0, 0.1) is 11.3 Å². The second-order valence-corrected chi connectivity index (χ2v) is 8.34. The van der Waals surface area contributed by atoms with Crippen molar-refractivity contribution in [1.82, 2.24) is 5.32 Å². The average Bonchev–Trinajstić information content (AvgIpc) is 2.84. The molecule has 9 heteroatoms. The summed E-state index contributed by atoms with van der Waals surface area (Å²) in [7, 11) is 0. The van der Waals surface area contributed by atoms with Gasteiger partial charge in [0.25, 0.3) is 0 Å².